The van der Waals surface area contributed by atoms with Crippen LogP contribution in [0.15, 0.2) is 33.5 Å². The van der Waals surface area contributed by atoms with E-state index in [1.165, 1.54) is 4.68 Å². The topological polar surface area (TPSA) is 77.3 Å². The molecule has 7 heteroatoms. The molecule has 2 heterocycles. The Kier molecular flexibility index (Phi) is 3.71. The molecule has 2 rings (SSSR count). The number of nitrogens with zero attached hydrogens (tertiary/aromatic N) is 3. The highest BCUT2D eigenvalue weighted by molar-refractivity contribution is 9.10. The van der Waals surface area contributed by atoms with E-state index in [1.54, 1.807) is 30.3 Å². The summed E-state index contributed by atoms with van der Waals surface area (Å²) in [5.74, 6) is 1.06. The summed E-state index contributed by atoms with van der Waals surface area (Å²) in [5.41, 5.74) is 5.48. The maximum absolute atomic E-state index is 11.9. The SMILES string of the molecule is CN(Cc1ccc(Br)o1)C(=O)Cn1ccc(N)n1. The van der Waals surface area contributed by atoms with Crippen LogP contribution in [0, 0.1) is 0 Å². The van der Waals surface area contributed by atoms with Crippen LogP contribution in [0.4, 0.5) is 5.82 Å². The molecule has 0 unspecified atom stereocenters. The minimum absolute atomic E-state index is 0.0642. The third-order valence-corrected chi connectivity index (χ3v) is 2.83. The van der Waals surface area contributed by atoms with E-state index >= 15 is 0 Å². The number of amides is 1. The highest BCUT2D eigenvalue weighted by atomic mass is 79.9. The predicted octanol–water partition coefficient (Wildman–Crippen LogP) is 1.48. The second-order valence-corrected chi connectivity index (χ2v) is 4.68. The van der Waals surface area contributed by atoms with Gasteiger partial charge in [0.2, 0.25) is 5.91 Å². The van der Waals surface area contributed by atoms with Gasteiger partial charge in [-0.15, -0.1) is 0 Å². The lowest BCUT2D eigenvalue weighted by Gasteiger charge is -2.15. The summed E-state index contributed by atoms with van der Waals surface area (Å²) in [6.07, 6.45) is 1.67. The monoisotopic (exact) mass is 312 g/mol. The van der Waals surface area contributed by atoms with Crippen LogP contribution >= 0.6 is 15.9 Å². The zero-order chi connectivity index (χ0) is 13.1. The first-order valence-corrected chi connectivity index (χ1v) is 6.11. The highest BCUT2D eigenvalue weighted by Gasteiger charge is 2.12. The molecule has 0 bridgehead atoms. The van der Waals surface area contributed by atoms with Crippen molar-refractivity contribution >= 4 is 27.7 Å². The molecule has 0 saturated heterocycles. The molecule has 96 valence electrons. The zero-order valence-corrected chi connectivity index (χ0v) is 11.4. The van der Waals surface area contributed by atoms with E-state index in [0.717, 1.165) is 5.76 Å². The Hall–Kier alpha value is -1.76. The van der Waals surface area contributed by atoms with Crippen molar-refractivity contribution in [3.63, 3.8) is 0 Å². The molecule has 0 aliphatic rings. The summed E-state index contributed by atoms with van der Waals surface area (Å²) >= 11 is 3.22. The van der Waals surface area contributed by atoms with Gasteiger partial charge in [-0.05, 0) is 34.1 Å². The summed E-state index contributed by atoms with van der Waals surface area (Å²) in [7, 11) is 1.71. The third-order valence-electron chi connectivity index (χ3n) is 2.41. The molecule has 2 N–H and O–H groups in total. The number of halogens is 1. The van der Waals surface area contributed by atoms with Crippen molar-refractivity contribution in [2.45, 2.75) is 13.1 Å². The third kappa shape index (κ3) is 3.13. The summed E-state index contributed by atoms with van der Waals surface area (Å²) < 4.78 is 7.50. The Labute approximate surface area is 112 Å². The zero-order valence-electron chi connectivity index (χ0n) is 9.84. The van der Waals surface area contributed by atoms with Gasteiger partial charge in [0.1, 0.15) is 18.1 Å². The van der Waals surface area contributed by atoms with Gasteiger partial charge in [0.05, 0.1) is 6.54 Å². The number of nitrogen functional groups attached to an aromatic ring is 1. The summed E-state index contributed by atoms with van der Waals surface area (Å²) in [6.45, 7) is 0.580. The highest BCUT2D eigenvalue weighted by Crippen LogP contribution is 2.15. The Morgan fingerprint density at radius 3 is 2.89 bits per heavy atom. The van der Waals surface area contributed by atoms with E-state index in [1.807, 2.05) is 6.07 Å². The molecule has 0 aliphatic heterocycles. The van der Waals surface area contributed by atoms with Gasteiger partial charge in [0.25, 0.3) is 0 Å². The van der Waals surface area contributed by atoms with E-state index in [-0.39, 0.29) is 12.5 Å². The number of carbonyl (C=O) groups is 1. The Morgan fingerprint density at radius 1 is 1.56 bits per heavy atom. The first-order chi connectivity index (χ1) is 8.54. The number of hydrogen-bond acceptors (Lipinski definition) is 4. The molecular weight excluding hydrogens is 300 g/mol. The number of rotatable bonds is 4. The molecule has 0 aromatic carbocycles. The van der Waals surface area contributed by atoms with Crippen LogP contribution in [0.2, 0.25) is 0 Å². The van der Waals surface area contributed by atoms with Crippen molar-refractivity contribution in [3.05, 3.63) is 34.8 Å². The first kappa shape index (κ1) is 12.7. The molecule has 0 saturated carbocycles. The van der Waals surface area contributed by atoms with Gasteiger partial charge in [0, 0.05) is 13.2 Å². The van der Waals surface area contributed by atoms with Crippen LogP contribution in [0.5, 0.6) is 0 Å². The van der Waals surface area contributed by atoms with Crippen molar-refractivity contribution in [3.8, 4) is 0 Å². The smallest absolute Gasteiger partial charge is 0.244 e. The van der Waals surface area contributed by atoms with Crippen molar-refractivity contribution < 1.29 is 9.21 Å². The number of likely N-dealkylation sites (N-methyl/N-ethyl adjacent to an activating group) is 1. The molecule has 6 nitrogen and oxygen atoms in total. The second-order valence-electron chi connectivity index (χ2n) is 3.89. The number of anilines is 1. The van der Waals surface area contributed by atoms with E-state index in [0.29, 0.717) is 17.0 Å². The van der Waals surface area contributed by atoms with Gasteiger partial charge in [0.15, 0.2) is 4.67 Å². The molecule has 1 amide bonds. The van der Waals surface area contributed by atoms with Crippen molar-refractivity contribution in [2.75, 3.05) is 12.8 Å². The van der Waals surface area contributed by atoms with Crippen LogP contribution in [0.1, 0.15) is 5.76 Å². The van der Waals surface area contributed by atoms with Crippen molar-refractivity contribution in [1.82, 2.24) is 14.7 Å². The Balaban J connectivity index is 1.92. The number of carbonyl (C=O) groups excluding carboxylic acids is 1. The van der Waals surface area contributed by atoms with Crippen LogP contribution in [0.3, 0.4) is 0 Å². The van der Waals surface area contributed by atoms with Gasteiger partial charge in [-0.1, -0.05) is 0 Å². The molecule has 0 spiro atoms. The van der Waals surface area contributed by atoms with Gasteiger partial charge in [-0.25, -0.2) is 0 Å². The van der Waals surface area contributed by atoms with Gasteiger partial charge in [-0.2, -0.15) is 5.10 Å². The summed E-state index contributed by atoms with van der Waals surface area (Å²) in [5, 5.41) is 3.96. The molecule has 0 radical (unpaired) electrons. The lowest BCUT2D eigenvalue weighted by atomic mass is 10.4. The van der Waals surface area contributed by atoms with Crippen LogP contribution in [0.25, 0.3) is 0 Å². The fraction of sp³-hybridized carbons (Fsp3) is 0.273. The maximum atomic E-state index is 11.9. The average molecular weight is 313 g/mol. The Morgan fingerprint density at radius 2 is 2.33 bits per heavy atom. The standard InChI is InChI=1S/C11H13BrN4O2/c1-15(6-8-2-3-9(12)18-8)11(17)7-16-5-4-10(13)14-16/h2-5H,6-7H2,1H3,(H2,13,14). The molecule has 0 atom stereocenters. The average Bonchev–Trinajstić information content (AvgIpc) is 2.88. The molecule has 2 aromatic heterocycles. The van der Waals surface area contributed by atoms with Gasteiger partial charge < -0.3 is 15.1 Å². The summed E-state index contributed by atoms with van der Waals surface area (Å²) in [4.78, 5) is 13.5. The fourth-order valence-electron chi connectivity index (χ4n) is 1.48. The van der Waals surface area contributed by atoms with Gasteiger partial charge in [-0.3, -0.25) is 9.48 Å². The quantitative estimate of drug-likeness (QED) is 0.927. The van der Waals surface area contributed by atoms with Crippen molar-refractivity contribution in [2.24, 2.45) is 0 Å². The maximum Gasteiger partial charge on any atom is 0.244 e. The fourth-order valence-corrected chi connectivity index (χ4v) is 1.82. The molecule has 0 aliphatic carbocycles. The van der Waals surface area contributed by atoms with E-state index in [2.05, 4.69) is 21.0 Å². The van der Waals surface area contributed by atoms with E-state index < -0.39 is 0 Å². The van der Waals surface area contributed by atoms with E-state index in [4.69, 9.17) is 10.2 Å². The van der Waals surface area contributed by atoms with Crippen molar-refractivity contribution in [1.29, 1.82) is 0 Å². The molecular formula is C11H13BrN4O2. The first-order valence-electron chi connectivity index (χ1n) is 5.31. The number of hydrogen-bond donors (Lipinski definition) is 1. The number of furan rings is 1. The minimum atomic E-state index is -0.0642. The largest absolute Gasteiger partial charge is 0.452 e. The van der Waals surface area contributed by atoms with Crippen LogP contribution in [-0.2, 0) is 17.9 Å². The number of nitrogens with two attached hydrogens (primary N) is 1. The van der Waals surface area contributed by atoms with E-state index in [9.17, 15) is 4.79 Å². The minimum Gasteiger partial charge on any atom is -0.452 e. The van der Waals surface area contributed by atoms with Crippen LogP contribution in [-0.4, -0.2) is 27.6 Å². The van der Waals surface area contributed by atoms with Crippen LogP contribution < -0.4 is 5.73 Å². The molecule has 0 fully saturated rings. The lowest BCUT2D eigenvalue weighted by Crippen LogP contribution is -2.29. The lowest BCUT2D eigenvalue weighted by molar-refractivity contribution is -0.131. The number of aromatic nitrogens is 2. The molecule has 2 aromatic rings. The Bertz CT molecular complexity index is 549. The van der Waals surface area contributed by atoms with Gasteiger partial charge >= 0.3 is 0 Å². The predicted molar refractivity (Wildman–Crippen MR) is 69.5 cm³/mol. The summed E-state index contributed by atoms with van der Waals surface area (Å²) in [6, 6.07) is 5.26. The second kappa shape index (κ2) is 5.26. The normalized spacial score (nSPS) is 10.6. The molecule has 18 heavy (non-hydrogen) atoms.